The van der Waals surface area contributed by atoms with Crippen LogP contribution in [-0.4, -0.2) is 35.3 Å². The van der Waals surface area contributed by atoms with Crippen LogP contribution in [0, 0.1) is 11.8 Å². The van der Waals surface area contributed by atoms with Gasteiger partial charge in [0.15, 0.2) is 0 Å². The number of alkyl halides is 3. The number of carbonyl (C=O) groups is 1. The lowest BCUT2D eigenvalue weighted by Gasteiger charge is -2.27. The highest BCUT2D eigenvalue weighted by molar-refractivity contribution is 5.95. The van der Waals surface area contributed by atoms with Crippen molar-refractivity contribution in [2.24, 2.45) is 11.8 Å². The van der Waals surface area contributed by atoms with Crippen LogP contribution in [0.25, 0.3) is 11.1 Å². The lowest BCUT2D eigenvalue weighted by atomic mass is 9.86. The van der Waals surface area contributed by atoms with Crippen LogP contribution in [0.5, 0.6) is 5.88 Å². The number of nitrogens with zero attached hydrogens (tertiary/aromatic N) is 1. The van der Waals surface area contributed by atoms with Gasteiger partial charge >= 0.3 is 6.18 Å². The Labute approximate surface area is 185 Å². The summed E-state index contributed by atoms with van der Waals surface area (Å²) < 4.78 is 44.7. The highest BCUT2D eigenvalue weighted by atomic mass is 19.4. The van der Waals surface area contributed by atoms with Crippen molar-refractivity contribution in [1.29, 1.82) is 0 Å². The molecule has 2 aromatic rings. The van der Waals surface area contributed by atoms with E-state index in [-0.39, 0.29) is 11.8 Å². The van der Waals surface area contributed by atoms with Gasteiger partial charge in [0.1, 0.15) is 0 Å². The van der Waals surface area contributed by atoms with Gasteiger partial charge in [-0.3, -0.25) is 4.79 Å². The van der Waals surface area contributed by atoms with Gasteiger partial charge < -0.3 is 15.2 Å². The van der Waals surface area contributed by atoms with Gasteiger partial charge in [-0.2, -0.15) is 13.2 Å². The summed E-state index contributed by atoms with van der Waals surface area (Å²) in [6.45, 7) is 0.862. The van der Waals surface area contributed by atoms with Crippen molar-refractivity contribution in [2.45, 2.75) is 50.8 Å². The Hall–Kier alpha value is -2.61. The number of hydrogen-bond donors (Lipinski definition) is 2. The number of halogens is 3. The first-order valence-corrected chi connectivity index (χ1v) is 11.1. The molecule has 2 aliphatic carbocycles. The summed E-state index contributed by atoms with van der Waals surface area (Å²) in [5.41, 5.74) is 0.525. The van der Waals surface area contributed by atoms with E-state index in [9.17, 15) is 23.1 Å². The molecule has 1 aromatic carbocycles. The Balaban J connectivity index is 1.53. The third-order valence-corrected chi connectivity index (χ3v) is 6.18. The molecule has 2 saturated carbocycles. The van der Waals surface area contributed by atoms with Crippen molar-refractivity contribution in [1.82, 2.24) is 10.3 Å². The molecule has 0 bridgehead atoms. The zero-order valence-corrected chi connectivity index (χ0v) is 17.7. The van der Waals surface area contributed by atoms with Crippen molar-refractivity contribution < 1.29 is 27.8 Å². The van der Waals surface area contributed by atoms with Crippen LogP contribution >= 0.6 is 0 Å². The van der Waals surface area contributed by atoms with Crippen LogP contribution in [0.4, 0.5) is 13.2 Å². The van der Waals surface area contributed by atoms with Gasteiger partial charge in [-0.25, -0.2) is 4.98 Å². The van der Waals surface area contributed by atoms with Crippen molar-refractivity contribution >= 4 is 5.91 Å². The van der Waals surface area contributed by atoms with Gasteiger partial charge in [0.05, 0.1) is 23.8 Å². The number of hydrogen-bond acceptors (Lipinski definition) is 4. The molecule has 2 atom stereocenters. The number of ether oxygens (including phenoxy) is 1. The van der Waals surface area contributed by atoms with Gasteiger partial charge in [0.2, 0.25) is 5.88 Å². The summed E-state index contributed by atoms with van der Waals surface area (Å²) in [6, 6.07) is 6.35. The second-order valence-electron chi connectivity index (χ2n) is 8.73. The van der Waals surface area contributed by atoms with Crippen molar-refractivity contribution in [3.8, 4) is 17.0 Å². The van der Waals surface area contributed by atoms with E-state index in [0.717, 1.165) is 50.7 Å². The Morgan fingerprint density at radius 3 is 2.50 bits per heavy atom. The molecule has 1 aromatic heterocycles. The average Bonchev–Trinajstić information content (AvgIpc) is 3.61. The Kier molecular flexibility index (Phi) is 6.69. The van der Waals surface area contributed by atoms with Crippen LogP contribution in [-0.2, 0) is 6.18 Å². The SMILES string of the molecule is O=C(NCC1CCCCC1O)c1cnc(OCC2CC2)c(-c2ccc(C(F)(F)F)cc2)c1. The number of aliphatic hydroxyl groups excluding tert-OH is 1. The largest absolute Gasteiger partial charge is 0.477 e. The maximum Gasteiger partial charge on any atom is 0.416 e. The number of carbonyl (C=O) groups excluding carboxylic acids is 1. The predicted molar refractivity (Wildman–Crippen MR) is 113 cm³/mol. The number of nitrogens with one attached hydrogen (secondary N) is 1. The van der Waals surface area contributed by atoms with E-state index < -0.39 is 17.8 Å². The highest BCUT2D eigenvalue weighted by Gasteiger charge is 2.30. The molecular weight excluding hydrogens is 421 g/mol. The summed E-state index contributed by atoms with van der Waals surface area (Å²) in [4.78, 5) is 17.0. The molecule has 2 fully saturated rings. The molecule has 0 radical (unpaired) electrons. The maximum atomic E-state index is 12.9. The summed E-state index contributed by atoms with van der Waals surface area (Å²) >= 11 is 0. The van der Waals surface area contributed by atoms with Gasteiger partial charge in [-0.05, 0) is 55.4 Å². The third kappa shape index (κ3) is 5.59. The fourth-order valence-electron chi connectivity index (χ4n) is 3.97. The van der Waals surface area contributed by atoms with E-state index in [4.69, 9.17) is 4.74 Å². The molecule has 0 saturated heterocycles. The Morgan fingerprint density at radius 1 is 1.12 bits per heavy atom. The van der Waals surface area contributed by atoms with E-state index in [1.54, 1.807) is 6.07 Å². The highest BCUT2D eigenvalue weighted by Crippen LogP contribution is 2.35. The lowest BCUT2D eigenvalue weighted by molar-refractivity contribution is -0.137. The fraction of sp³-hybridized carbons (Fsp3) is 0.500. The Morgan fingerprint density at radius 2 is 1.84 bits per heavy atom. The maximum absolute atomic E-state index is 12.9. The third-order valence-electron chi connectivity index (χ3n) is 6.18. The molecule has 0 aliphatic heterocycles. The smallest absolute Gasteiger partial charge is 0.416 e. The van der Waals surface area contributed by atoms with Crippen LogP contribution in [0.1, 0.15) is 54.4 Å². The van der Waals surface area contributed by atoms with E-state index >= 15 is 0 Å². The number of benzene rings is 1. The molecule has 1 amide bonds. The quantitative estimate of drug-likeness (QED) is 0.636. The summed E-state index contributed by atoms with van der Waals surface area (Å²) in [5, 5.41) is 13.0. The van der Waals surface area contributed by atoms with E-state index in [1.165, 1.54) is 18.3 Å². The standard InChI is InChI=1S/C24H27F3N2O3/c25-24(26,27)19-9-7-16(8-10-19)20-11-18(13-29-23(20)32-14-15-5-6-15)22(31)28-12-17-3-1-2-4-21(17)30/h7-11,13,15,17,21,30H,1-6,12,14H2,(H,28,31). The molecule has 5 nitrogen and oxygen atoms in total. The van der Waals surface area contributed by atoms with Crippen LogP contribution in [0.15, 0.2) is 36.5 Å². The second kappa shape index (κ2) is 9.48. The Bertz CT molecular complexity index is 942. The van der Waals surface area contributed by atoms with Crippen molar-refractivity contribution in [2.75, 3.05) is 13.2 Å². The van der Waals surface area contributed by atoms with Gasteiger partial charge in [0, 0.05) is 24.2 Å². The minimum Gasteiger partial charge on any atom is -0.477 e. The molecule has 0 spiro atoms. The molecule has 172 valence electrons. The number of amides is 1. The second-order valence-corrected chi connectivity index (χ2v) is 8.73. The fourth-order valence-corrected chi connectivity index (χ4v) is 3.97. The number of aliphatic hydroxyl groups is 1. The van der Waals surface area contributed by atoms with E-state index in [0.29, 0.717) is 41.6 Å². The first-order chi connectivity index (χ1) is 15.3. The zero-order valence-electron chi connectivity index (χ0n) is 17.7. The van der Waals surface area contributed by atoms with Crippen molar-refractivity contribution in [3.05, 3.63) is 47.7 Å². The predicted octanol–water partition coefficient (Wildman–Crippen LogP) is 4.84. The molecule has 2 unspecified atom stereocenters. The minimum absolute atomic E-state index is 0.0243. The summed E-state index contributed by atoms with van der Waals surface area (Å²) in [7, 11) is 0. The molecule has 1 heterocycles. The normalized spacial score (nSPS) is 21.2. The van der Waals surface area contributed by atoms with Gasteiger partial charge in [-0.1, -0.05) is 25.0 Å². The lowest BCUT2D eigenvalue weighted by Crippen LogP contribution is -2.36. The minimum atomic E-state index is -4.42. The first-order valence-electron chi connectivity index (χ1n) is 11.1. The molecular formula is C24H27F3N2O3. The number of aromatic nitrogens is 1. The van der Waals surface area contributed by atoms with Crippen LogP contribution < -0.4 is 10.1 Å². The molecule has 8 heteroatoms. The number of rotatable bonds is 7. The topological polar surface area (TPSA) is 71.5 Å². The zero-order chi connectivity index (χ0) is 22.7. The first kappa shape index (κ1) is 22.6. The monoisotopic (exact) mass is 448 g/mol. The van der Waals surface area contributed by atoms with Gasteiger partial charge in [0.25, 0.3) is 5.91 Å². The van der Waals surface area contributed by atoms with E-state index in [1.807, 2.05) is 0 Å². The van der Waals surface area contributed by atoms with Crippen LogP contribution in [0.2, 0.25) is 0 Å². The van der Waals surface area contributed by atoms with E-state index in [2.05, 4.69) is 10.3 Å². The molecule has 4 rings (SSSR count). The molecule has 32 heavy (non-hydrogen) atoms. The average molecular weight is 448 g/mol. The number of pyridine rings is 1. The van der Waals surface area contributed by atoms with Crippen LogP contribution in [0.3, 0.4) is 0 Å². The van der Waals surface area contributed by atoms with Gasteiger partial charge in [-0.15, -0.1) is 0 Å². The summed E-state index contributed by atoms with van der Waals surface area (Å²) in [6.07, 6.45) is 2.39. The summed E-state index contributed by atoms with van der Waals surface area (Å²) in [5.74, 6) is 0.464. The van der Waals surface area contributed by atoms with Crippen molar-refractivity contribution in [3.63, 3.8) is 0 Å². The molecule has 2 aliphatic rings. The molecule has 2 N–H and O–H groups in total.